The lowest BCUT2D eigenvalue weighted by Gasteiger charge is -2.07. The Kier molecular flexibility index (Phi) is 31.8. The first-order chi connectivity index (χ1) is 57.7. The molecule has 9 heterocycles. The van der Waals surface area contributed by atoms with E-state index in [2.05, 4.69) is 315 Å². The van der Waals surface area contributed by atoms with Gasteiger partial charge < -0.3 is 30.9 Å². The highest BCUT2D eigenvalue weighted by molar-refractivity contribution is 7.17. The molecule has 0 fully saturated rings. The summed E-state index contributed by atoms with van der Waals surface area (Å²) in [6.07, 6.45) is 16.9. The maximum absolute atomic E-state index is 5.31. The first-order valence-electron chi connectivity index (χ1n) is 42.1. The lowest BCUT2D eigenvalue weighted by Crippen LogP contribution is -1.89. The Morgan fingerprint density at radius 1 is 0.233 bits per heavy atom. The molecule has 0 saturated carbocycles. The lowest BCUT2D eigenvalue weighted by atomic mass is 9.99. The number of oxazole rings is 3. The number of hydrogen-bond donors (Lipinski definition) is 0. The maximum atomic E-state index is 5.31. The second-order valence-electron chi connectivity index (χ2n) is 33.4. The van der Waals surface area contributed by atoms with Crippen molar-refractivity contribution in [1.82, 2.24) is 24.9 Å². The van der Waals surface area contributed by atoms with Crippen molar-refractivity contribution in [2.24, 2.45) is 0 Å². The normalized spacial score (nSPS) is 11.5. The van der Waals surface area contributed by atoms with E-state index in [1.807, 2.05) is 77.8 Å². The fraction of sp³-hybridized carbons (Fsp3) is 0.292. The summed E-state index contributed by atoms with van der Waals surface area (Å²) in [6, 6.07) is 71.6. The van der Waals surface area contributed by atoms with Crippen molar-refractivity contribution >= 4 is 126 Å². The molecule has 19 aromatic rings. The van der Waals surface area contributed by atoms with Crippen molar-refractivity contribution in [3.8, 4) is 0 Å². The van der Waals surface area contributed by atoms with Gasteiger partial charge in [0.1, 0.15) is 38.9 Å². The van der Waals surface area contributed by atoms with Gasteiger partial charge in [-0.15, -0.1) is 22.7 Å². The highest BCUT2D eigenvalue weighted by Gasteiger charge is 2.12. The predicted molar refractivity (Wildman–Crippen MR) is 506 cm³/mol. The van der Waals surface area contributed by atoms with E-state index in [-0.39, 0.29) is 0 Å². The Morgan fingerprint density at radius 2 is 0.558 bits per heavy atom. The molecule has 10 aromatic carbocycles. The van der Waals surface area contributed by atoms with Crippen molar-refractivity contribution in [1.29, 1.82) is 0 Å². The van der Waals surface area contributed by atoms with Crippen LogP contribution < -0.4 is 0 Å². The van der Waals surface area contributed by atoms with Crippen LogP contribution in [0.25, 0.3) is 104 Å². The van der Waals surface area contributed by atoms with Crippen LogP contribution in [0.3, 0.4) is 0 Å². The molecule has 0 radical (unpaired) electrons. The molecule has 1 aliphatic carbocycles. The summed E-state index contributed by atoms with van der Waals surface area (Å²) in [5.74, 6) is 5.79. The van der Waals surface area contributed by atoms with Gasteiger partial charge in [0.05, 0.1) is 56.5 Å². The Balaban J connectivity index is 0.000000130. The van der Waals surface area contributed by atoms with E-state index in [0.29, 0.717) is 59.2 Å². The summed E-state index contributed by atoms with van der Waals surface area (Å²) in [7, 11) is 0. The molecule has 0 N–H and O–H groups in total. The molecule has 12 nitrogen and oxygen atoms in total. The standard InChI is InChI=1S/C12H14.4C11H12O.3C10H11NO.2C10H11NS/c1-9(2)11-7-6-10-4-3-5-12(10)8-11;2*1-8(2)9-3-4-11-10(7-9)5-6-12-11;2*1-8(2)10-4-3-9-5-6-12-11(9)7-10;1-7(2)8-3-4-10-9(5-8)11-6-12-10;2*1-7(2)8-3-4-9-10(5-8)12-6-11-9;1-7(2)8-3-4-10-9(5-8)11-6-12-10;1-7(2)8-3-4-9-10(5-8)12-6-11-9/h3,5-9H,4H2,1-2H3;4*3-8H,1-2H3;5*3-7H,1-2H3. The molecule has 0 amide bonds. The third-order valence-corrected chi connectivity index (χ3v) is 22.8. The number of thiazole rings is 2. The largest absolute Gasteiger partial charge is 0.464 e. The van der Waals surface area contributed by atoms with Crippen molar-refractivity contribution in [2.45, 2.75) is 204 Å². The second kappa shape index (κ2) is 42.8. The smallest absolute Gasteiger partial charge is 0.181 e. The topological polar surface area (TPSA) is 156 Å². The zero-order chi connectivity index (χ0) is 85.5. The number of nitrogens with zero attached hydrogens (tertiary/aromatic N) is 5. The summed E-state index contributed by atoms with van der Waals surface area (Å²) < 4.78 is 39.2. The molecule has 0 aliphatic heterocycles. The van der Waals surface area contributed by atoms with Gasteiger partial charge in [0.2, 0.25) is 0 Å². The molecule has 0 atom stereocenters. The van der Waals surface area contributed by atoms with Gasteiger partial charge in [-0.2, -0.15) is 0 Å². The fourth-order valence-electron chi connectivity index (χ4n) is 13.1. The van der Waals surface area contributed by atoms with Crippen molar-refractivity contribution < 1.29 is 30.9 Å². The molecule has 20 rings (SSSR count). The van der Waals surface area contributed by atoms with E-state index in [9.17, 15) is 0 Å². The third kappa shape index (κ3) is 24.7. The quantitative estimate of drug-likeness (QED) is 0.128. The summed E-state index contributed by atoms with van der Waals surface area (Å²) in [6.45, 7) is 43.8. The Bertz CT molecular complexity index is 5260. The van der Waals surface area contributed by atoms with Crippen molar-refractivity contribution in [2.75, 3.05) is 0 Å². The van der Waals surface area contributed by atoms with E-state index in [1.54, 1.807) is 47.7 Å². The van der Waals surface area contributed by atoms with Crippen LogP contribution in [0.4, 0.5) is 0 Å². The first kappa shape index (κ1) is 89.1. The SMILES string of the molecule is CC(C)c1ccc2c(c1)C=CC2.CC(C)c1ccc2ccoc2c1.CC(C)c1ccc2ccoc2c1.CC(C)c1ccc2ncoc2c1.CC(C)c1ccc2ncoc2c1.CC(C)c1ccc2ncsc2c1.CC(C)c1ccc2occc2c1.CC(C)c1ccc2occc2c1.CC(C)c1ccc2ocnc2c1.CC(C)c1ccc2scnc2c1. The summed E-state index contributed by atoms with van der Waals surface area (Å²) in [5.41, 5.74) is 31.8. The number of fused-ring (bicyclic) bond motifs is 10. The van der Waals surface area contributed by atoms with E-state index in [1.165, 1.54) is 117 Å². The van der Waals surface area contributed by atoms with Crippen LogP contribution in [-0.4, -0.2) is 24.9 Å². The Morgan fingerprint density at radius 3 is 1.02 bits per heavy atom. The molecule has 120 heavy (non-hydrogen) atoms. The van der Waals surface area contributed by atoms with Gasteiger partial charge >= 0.3 is 0 Å². The summed E-state index contributed by atoms with van der Waals surface area (Å²) in [4.78, 5) is 20.7. The number of aromatic nitrogens is 5. The minimum absolute atomic E-state index is 0.541. The van der Waals surface area contributed by atoms with Crippen LogP contribution in [-0.2, 0) is 6.42 Å². The van der Waals surface area contributed by atoms with E-state index in [0.717, 1.165) is 73.1 Å². The minimum Gasteiger partial charge on any atom is -0.464 e. The van der Waals surface area contributed by atoms with E-state index < -0.39 is 0 Å². The van der Waals surface area contributed by atoms with Gasteiger partial charge in [0, 0.05) is 21.5 Å². The highest BCUT2D eigenvalue weighted by Crippen LogP contribution is 2.31. The number of allylic oxidation sites excluding steroid dienone is 1. The van der Waals surface area contributed by atoms with Crippen LogP contribution in [0.1, 0.15) is 264 Å². The zero-order valence-corrected chi connectivity index (χ0v) is 75.0. The molecular weight excluding hydrogens is 1520 g/mol. The average molecular weight is 1640 g/mol. The summed E-state index contributed by atoms with van der Waals surface area (Å²) >= 11 is 3.40. The molecule has 0 bridgehead atoms. The van der Waals surface area contributed by atoms with Crippen LogP contribution in [0.5, 0.6) is 0 Å². The zero-order valence-electron chi connectivity index (χ0n) is 73.4. The van der Waals surface area contributed by atoms with Gasteiger partial charge in [-0.25, -0.2) is 24.9 Å². The van der Waals surface area contributed by atoms with Gasteiger partial charge in [-0.05, 0) is 254 Å². The van der Waals surface area contributed by atoms with E-state index in [4.69, 9.17) is 30.9 Å². The van der Waals surface area contributed by atoms with Crippen LogP contribution in [0.2, 0.25) is 0 Å². The fourth-order valence-corrected chi connectivity index (χ4v) is 14.5. The molecule has 0 unspecified atom stereocenters. The molecular formula is C106H117N5O7S2. The van der Waals surface area contributed by atoms with Crippen molar-refractivity contribution in [3.05, 3.63) is 334 Å². The van der Waals surface area contributed by atoms with Crippen LogP contribution in [0, 0.1) is 0 Å². The van der Waals surface area contributed by atoms with E-state index >= 15 is 0 Å². The third-order valence-electron chi connectivity index (χ3n) is 21.2. The van der Waals surface area contributed by atoms with Gasteiger partial charge in [0.25, 0.3) is 0 Å². The van der Waals surface area contributed by atoms with Crippen molar-refractivity contribution in [3.63, 3.8) is 0 Å². The molecule has 0 saturated heterocycles. The van der Waals surface area contributed by atoms with Crippen LogP contribution >= 0.6 is 22.7 Å². The number of benzene rings is 10. The molecule has 14 heteroatoms. The monoisotopic (exact) mass is 1640 g/mol. The average Bonchev–Trinajstić information content (AvgIpc) is 1.78. The predicted octanol–water partition coefficient (Wildman–Crippen LogP) is 33.3. The molecule has 9 aromatic heterocycles. The molecule has 0 spiro atoms. The number of hydrogen-bond acceptors (Lipinski definition) is 14. The second-order valence-corrected chi connectivity index (χ2v) is 35.2. The number of rotatable bonds is 10. The number of furan rings is 4. The maximum Gasteiger partial charge on any atom is 0.181 e. The van der Waals surface area contributed by atoms with Gasteiger partial charge in [-0.3, -0.25) is 0 Å². The Hall–Kier alpha value is -11.7. The first-order valence-corrected chi connectivity index (χ1v) is 43.8. The summed E-state index contributed by atoms with van der Waals surface area (Å²) in [5, 5.41) is 4.75. The van der Waals surface area contributed by atoms with Gasteiger partial charge in [0.15, 0.2) is 35.9 Å². The lowest BCUT2D eigenvalue weighted by molar-refractivity contribution is 0.601. The molecule has 1 aliphatic rings. The molecule has 620 valence electrons. The highest BCUT2D eigenvalue weighted by atomic mass is 32.1. The van der Waals surface area contributed by atoms with Gasteiger partial charge in [-0.1, -0.05) is 236 Å². The Labute approximate surface area is 715 Å². The van der Waals surface area contributed by atoms with Crippen LogP contribution in [0.15, 0.2) is 299 Å². The minimum atomic E-state index is 0.541.